The number of hydrogen-bond donors (Lipinski definition) is 0. The molecule has 16 heavy (non-hydrogen) atoms. The Bertz CT molecular complexity index is 143. The van der Waals surface area contributed by atoms with Gasteiger partial charge in [0.15, 0.2) is 6.29 Å². The number of hydrogen-bond acceptors (Lipinski definition) is 3. The summed E-state index contributed by atoms with van der Waals surface area (Å²) in [5, 5.41) is 0. The van der Waals surface area contributed by atoms with E-state index in [1.54, 1.807) is 0 Å². The van der Waals surface area contributed by atoms with Gasteiger partial charge in [-0.1, -0.05) is 20.8 Å². The van der Waals surface area contributed by atoms with E-state index in [2.05, 4.69) is 25.7 Å². The van der Waals surface area contributed by atoms with E-state index in [-0.39, 0.29) is 6.29 Å². The normalized spacial score (nSPS) is 12.0. The summed E-state index contributed by atoms with van der Waals surface area (Å²) in [4.78, 5) is 2.45. The predicted octanol–water partition coefficient (Wildman–Crippen LogP) is 2.75. The molecule has 0 saturated heterocycles. The number of ether oxygens (including phenoxy) is 2. The van der Waals surface area contributed by atoms with Crippen LogP contribution in [0.4, 0.5) is 0 Å². The molecule has 0 spiro atoms. The van der Waals surface area contributed by atoms with E-state index in [9.17, 15) is 0 Å². The molecule has 0 aliphatic heterocycles. The van der Waals surface area contributed by atoms with Gasteiger partial charge < -0.3 is 14.4 Å². The Labute approximate surface area is 101 Å². The second-order valence-electron chi connectivity index (χ2n) is 4.42. The molecule has 0 aromatic rings. The van der Waals surface area contributed by atoms with Gasteiger partial charge in [0.25, 0.3) is 0 Å². The van der Waals surface area contributed by atoms with Crippen LogP contribution in [0.3, 0.4) is 0 Å². The van der Waals surface area contributed by atoms with Crippen molar-refractivity contribution in [3.05, 3.63) is 0 Å². The molecule has 3 heteroatoms. The van der Waals surface area contributed by atoms with Crippen molar-refractivity contribution in [1.82, 2.24) is 4.90 Å². The monoisotopic (exact) mass is 231 g/mol. The molecule has 0 saturated carbocycles. The molecule has 98 valence electrons. The van der Waals surface area contributed by atoms with Crippen molar-refractivity contribution in [2.24, 2.45) is 5.92 Å². The third kappa shape index (κ3) is 8.08. The van der Waals surface area contributed by atoms with E-state index < -0.39 is 0 Å². The second kappa shape index (κ2) is 10.1. The van der Waals surface area contributed by atoms with Crippen molar-refractivity contribution in [2.45, 2.75) is 47.3 Å². The molecule has 0 unspecified atom stereocenters. The van der Waals surface area contributed by atoms with Gasteiger partial charge >= 0.3 is 0 Å². The smallest absolute Gasteiger partial charge is 0.158 e. The van der Waals surface area contributed by atoms with Crippen LogP contribution in [-0.4, -0.2) is 44.0 Å². The first-order valence-corrected chi connectivity index (χ1v) is 6.59. The Balaban J connectivity index is 3.85. The summed E-state index contributed by atoms with van der Waals surface area (Å²) in [5.74, 6) is 0.720. The van der Waals surface area contributed by atoms with Crippen molar-refractivity contribution in [3.8, 4) is 0 Å². The Morgan fingerprint density at radius 3 is 1.94 bits per heavy atom. The Morgan fingerprint density at radius 1 is 1.00 bits per heavy atom. The minimum Gasteiger partial charge on any atom is -0.353 e. The molecule has 0 amide bonds. The lowest BCUT2D eigenvalue weighted by Crippen LogP contribution is -2.32. The first-order chi connectivity index (χ1) is 7.63. The quantitative estimate of drug-likeness (QED) is 0.540. The maximum absolute atomic E-state index is 5.53. The van der Waals surface area contributed by atoms with E-state index in [1.165, 1.54) is 0 Å². The highest BCUT2D eigenvalue weighted by Gasteiger charge is 2.11. The van der Waals surface area contributed by atoms with Gasteiger partial charge in [0, 0.05) is 32.7 Å². The summed E-state index contributed by atoms with van der Waals surface area (Å²) < 4.78 is 11.1. The zero-order chi connectivity index (χ0) is 12.4. The zero-order valence-electron chi connectivity index (χ0n) is 11.7. The van der Waals surface area contributed by atoms with Crippen LogP contribution in [0.15, 0.2) is 0 Å². The molecule has 0 heterocycles. The van der Waals surface area contributed by atoms with Crippen LogP contribution in [-0.2, 0) is 9.47 Å². The first-order valence-electron chi connectivity index (χ1n) is 6.59. The molecule has 3 nitrogen and oxygen atoms in total. The van der Waals surface area contributed by atoms with Crippen molar-refractivity contribution < 1.29 is 9.47 Å². The minimum absolute atomic E-state index is 0.0313. The highest BCUT2D eigenvalue weighted by Crippen LogP contribution is 2.05. The fourth-order valence-corrected chi connectivity index (χ4v) is 1.77. The summed E-state index contributed by atoms with van der Waals surface area (Å²) in [7, 11) is 0. The van der Waals surface area contributed by atoms with E-state index in [0.717, 1.165) is 45.2 Å². The van der Waals surface area contributed by atoms with Crippen LogP contribution in [0.5, 0.6) is 0 Å². The standard InChI is InChI=1S/C13H29NO2/c1-6-14(11-12(4)5)10-9-13(15-7-2)16-8-3/h12-13H,6-11H2,1-5H3. The maximum Gasteiger partial charge on any atom is 0.158 e. The molecule has 0 aromatic carbocycles. The third-order valence-electron chi connectivity index (χ3n) is 2.46. The fraction of sp³-hybridized carbons (Fsp3) is 1.00. The van der Waals surface area contributed by atoms with Crippen LogP contribution in [0.25, 0.3) is 0 Å². The van der Waals surface area contributed by atoms with Crippen LogP contribution < -0.4 is 0 Å². The molecule has 0 bridgehead atoms. The van der Waals surface area contributed by atoms with Gasteiger partial charge in [-0.25, -0.2) is 0 Å². The van der Waals surface area contributed by atoms with E-state index >= 15 is 0 Å². The van der Waals surface area contributed by atoms with E-state index in [0.29, 0.717) is 0 Å². The van der Waals surface area contributed by atoms with Gasteiger partial charge in [-0.15, -0.1) is 0 Å². The highest BCUT2D eigenvalue weighted by atomic mass is 16.7. The average Bonchev–Trinajstić information content (AvgIpc) is 2.24. The maximum atomic E-state index is 5.53. The molecule has 0 fully saturated rings. The molecule has 0 atom stereocenters. The summed E-state index contributed by atoms with van der Waals surface area (Å²) in [5.41, 5.74) is 0. The average molecular weight is 231 g/mol. The second-order valence-corrected chi connectivity index (χ2v) is 4.42. The third-order valence-corrected chi connectivity index (χ3v) is 2.46. The molecule has 0 rings (SSSR count). The molecular formula is C13H29NO2. The van der Waals surface area contributed by atoms with Crippen molar-refractivity contribution in [1.29, 1.82) is 0 Å². The van der Waals surface area contributed by atoms with Gasteiger partial charge in [0.05, 0.1) is 0 Å². The predicted molar refractivity (Wildman–Crippen MR) is 68.6 cm³/mol. The summed E-state index contributed by atoms with van der Waals surface area (Å²) in [6.07, 6.45) is 0.929. The molecule has 0 radical (unpaired) electrons. The SMILES string of the molecule is CCOC(CCN(CC)CC(C)C)OCC. The van der Waals surface area contributed by atoms with Gasteiger partial charge in [0.1, 0.15) is 0 Å². The van der Waals surface area contributed by atoms with Crippen LogP contribution in [0, 0.1) is 5.92 Å². The topological polar surface area (TPSA) is 21.7 Å². The lowest BCUT2D eigenvalue weighted by Gasteiger charge is -2.25. The molecule has 0 aliphatic carbocycles. The Kier molecular flexibility index (Phi) is 9.99. The summed E-state index contributed by atoms with van der Waals surface area (Å²) >= 11 is 0. The van der Waals surface area contributed by atoms with Crippen molar-refractivity contribution in [2.75, 3.05) is 32.8 Å². The van der Waals surface area contributed by atoms with E-state index in [4.69, 9.17) is 9.47 Å². The van der Waals surface area contributed by atoms with Crippen molar-refractivity contribution >= 4 is 0 Å². The minimum atomic E-state index is -0.0313. The molecule has 0 N–H and O–H groups in total. The zero-order valence-corrected chi connectivity index (χ0v) is 11.7. The summed E-state index contributed by atoms with van der Waals surface area (Å²) in [6.45, 7) is 15.5. The fourth-order valence-electron chi connectivity index (χ4n) is 1.77. The molecule has 0 aliphatic rings. The Morgan fingerprint density at radius 2 is 1.56 bits per heavy atom. The van der Waals surface area contributed by atoms with Crippen molar-refractivity contribution in [3.63, 3.8) is 0 Å². The van der Waals surface area contributed by atoms with Crippen LogP contribution in [0.2, 0.25) is 0 Å². The van der Waals surface area contributed by atoms with E-state index in [1.807, 2.05) is 13.8 Å². The summed E-state index contributed by atoms with van der Waals surface area (Å²) in [6, 6.07) is 0. The van der Waals surface area contributed by atoms with Gasteiger partial charge in [-0.05, 0) is 26.3 Å². The first kappa shape index (κ1) is 15.9. The Hall–Kier alpha value is -0.120. The molecular weight excluding hydrogens is 202 g/mol. The highest BCUT2D eigenvalue weighted by molar-refractivity contribution is 4.59. The van der Waals surface area contributed by atoms with Gasteiger partial charge in [-0.3, -0.25) is 0 Å². The lowest BCUT2D eigenvalue weighted by molar-refractivity contribution is -0.141. The van der Waals surface area contributed by atoms with Gasteiger partial charge in [-0.2, -0.15) is 0 Å². The largest absolute Gasteiger partial charge is 0.353 e. The van der Waals surface area contributed by atoms with Crippen LogP contribution in [0.1, 0.15) is 41.0 Å². The van der Waals surface area contributed by atoms with Crippen LogP contribution >= 0.6 is 0 Å². The van der Waals surface area contributed by atoms with Gasteiger partial charge in [0.2, 0.25) is 0 Å². The number of rotatable bonds is 10. The molecule has 0 aromatic heterocycles. The lowest BCUT2D eigenvalue weighted by atomic mass is 10.2. The number of nitrogens with zero attached hydrogens (tertiary/aromatic N) is 1.